The van der Waals surface area contributed by atoms with Gasteiger partial charge in [0, 0.05) is 19.8 Å². The van der Waals surface area contributed by atoms with Crippen LogP contribution in [0.1, 0.15) is 0 Å². The average molecular weight is 278 g/mol. The summed E-state index contributed by atoms with van der Waals surface area (Å²) in [4.78, 5) is 11.3. The van der Waals surface area contributed by atoms with Crippen molar-refractivity contribution in [3.63, 3.8) is 0 Å². The minimum Gasteiger partial charge on any atom is -0.312 e. The lowest BCUT2D eigenvalue weighted by atomic mass is 10.00. The Bertz CT molecular complexity index is 458. The number of allylic oxidation sites excluding steroid dienone is 6. The second-order valence-electron chi connectivity index (χ2n) is 3.49. The molecule has 18 heavy (non-hydrogen) atoms. The third kappa shape index (κ3) is 3.45. The molecule has 4 nitrogen and oxygen atoms in total. The highest BCUT2D eigenvalue weighted by Gasteiger charge is 2.38. The molecular formula is C11H13F2O4P. The van der Waals surface area contributed by atoms with Crippen molar-refractivity contribution in [1.82, 2.24) is 0 Å². The second kappa shape index (κ2) is 5.69. The van der Waals surface area contributed by atoms with E-state index >= 15 is 0 Å². The molecule has 0 bridgehead atoms. The van der Waals surface area contributed by atoms with Gasteiger partial charge in [0.15, 0.2) is 0 Å². The van der Waals surface area contributed by atoms with Crippen molar-refractivity contribution in [2.45, 2.75) is 5.92 Å². The number of halogens is 2. The lowest BCUT2D eigenvalue weighted by Crippen LogP contribution is -2.28. The van der Waals surface area contributed by atoms with Gasteiger partial charge in [-0.15, -0.1) is 0 Å². The SMILES string of the molecule is COP(=O)(C/C=C/C1=CC=CC(F)(F)C1=O)OC. The molecular weight excluding hydrogens is 265 g/mol. The summed E-state index contributed by atoms with van der Waals surface area (Å²) in [6, 6.07) is 0. The molecule has 0 radical (unpaired) electrons. The summed E-state index contributed by atoms with van der Waals surface area (Å²) in [5, 5.41) is 0. The molecule has 0 N–H and O–H groups in total. The molecule has 0 saturated heterocycles. The third-order valence-corrected chi connectivity index (χ3v) is 4.10. The maximum atomic E-state index is 13.0. The van der Waals surface area contributed by atoms with Crippen molar-refractivity contribution in [2.75, 3.05) is 20.4 Å². The molecule has 7 heteroatoms. The predicted molar refractivity (Wildman–Crippen MR) is 62.8 cm³/mol. The second-order valence-corrected chi connectivity index (χ2v) is 5.81. The van der Waals surface area contributed by atoms with Crippen LogP contribution in [0.2, 0.25) is 0 Å². The van der Waals surface area contributed by atoms with Gasteiger partial charge in [-0.3, -0.25) is 9.36 Å². The van der Waals surface area contributed by atoms with Crippen molar-refractivity contribution >= 4 is 13.4 Å². The number of carbonyl (C=O) groups is 1. The van der Waals surface area contributed by atoms with Crippen LogP contribution < -0.4 is 0 Å². The Morgan fingerprint density at radius 2 is 2.00 bits per heavy atom. The quantitative estimate of drug-likeness (QED) is 0.725. The van der Waals surface area contributed by atoms with E-state index in [0.717, 1.165) is 6.08 Å². The van der Waals surface area contributed by atoms with Crippen LogP contribution in [0.25, 0.3) is 0 Å². The van der Waals surface area contributed by atoms with Crippen molar-refractivity contribution in [1.29, 1.82) is 0 Å². The van der Waals surface area contributed by atoms with Gasteiger partial charge in [-0.1, -0.05) is 24.3 Å². The van der Waals surface area contributed by atoms with Gasteiger partial charge in [0.1, 0.15) is 0 Å². The average Bonchev–Trinajstić information content (AvgIpc) is 2.34. The summed E-state index contributed by atoms with van der Waals surface area (Å²) in [6.07, 6.45) is 5.30. The lowest BCUT2D eigenvalue weighted by molar-refractivity contribution is -0.132. The molecule has 0 heterocycles. The highest BCUT2D eigenvalue weighted by Crippen LogP contribution is 2.46. The molecule has 1 aliphatic rings. The summed E-state index contributed by atoms with van der Waals surface area (Å²) in [7, 11) is -0.787. The van der Waals surface area contributed by atoms with Gasteiger partial charge >= 0.3 is 13.5 Å². The monoisotopic (exact) mass is 278 g/mol. The number of carbonyl (C=O) groups excluding carboxylic acids is 1. The number of rotatable bonds is 5. The Balaban J connectivity index is 2.75. The van der Waals surface area contributed by atoms with Crippen LogP contribution in [-0.4, -0.2) is 32.1 Å². The Morgan fingerprint density at radius 3 is 2.56 bits per heavy atom. The number of Topliss-reactive ketones (excluding diaryl/α,β-unsaturated/α-hetero) is 1. The van der Waals surface area contributed by atoms with E-state index in [-0.39, 0.29) is 11.7 Å². The van der Waals surface area contributed by atoms with Gasteiger partial charge < -0.3 is 9.05 Å². The van der Waals surface area contributed by atoms with Gasteiger partial charge in [-0.2, -0.15) is 8.78 Å². The predicted octanol–water partition coefficient (Wildman–Crippen LogP) is 2.73. The van der Waals surface area contributed by atoms with Gasteiger partial charge in [0.05, 0.1) is 6.16 Å². The first-order valence-electron chi connectivity index (χ1n) is 5.04. The van der Waals surface area contributed by atoms with E-state index in [9.17, 15) is 18.1 Å². The maximum absolute atomic E-state index is 13.0. The standard InChI is InChI=1S/C11H13F2O4P/c1-16-18(15,17-2)8-4-6-9-5-3-7-11(12,13)10(9)14/h3-7H,8H2,1-2H3/b6-4+. The summed E-state index contributed by atoms with van der Waals surface area (Å²) in [6.45, 7) is 0. The van der Waals surface area contributed by atoms with E-state index in [4.69, 9.17) is 0 Å². The van der Waals surface area contributed by atoms with E-state index in [0.29, 0.717) is 6.08 Å². The first kappa shape index (κ1) is 15.0. The summed E-state index contributed by atoms with van der Waals surface area (Å²) < 4.78 is 47.0. The molecule has 0 atom stereocenters. The molecule has 0 spiro atoms. The molecule has 0 aromatic heterocycles. The van der Waals surface area contributed by atoms with E-state index in [1.165, 1.54) is 32.4 Å². The molecule has 1 rings (SSSR count). The van der Waals surface area contributed by atoms with Crippen molar-refractivity contribution in [3.8, 4) is 0 Å². The maximum Gasteiger partial charge on any atom is 0.333 e. The number of hydrogen-bond donors (Lipinski definition) is 0. The molecule has 0 aromatic carbocycles. The van der Waals surface area contributed by atoms with Crippen LogP contribution in [-0.2, 0) is 18.4 Å². The highest BCUT2D eigenvalue weighted by atomic mass is 31.2. The molecule has 0 fully saturated rings. The molecule has 1 aliphatic carbocycles. The van der Waals surface area contributed by atoms with Crippen LogP contribution in [0.5, 0.6) is 0 Å². The fraction of sp³-hybridized carbons (Fsp3) is 0.364. The summed E-state index contributed by atoms with van der Waals surface area (Å²) >= 11 is 0. The molecule has 100 valence electrons. The van der Waals surface area contributed by atoms with Crippen LogP contribution in [0, 0.1) is 0 Å². The summed E-state index contributed by atoms with van der Waals surface area (Å²) in [5.41, 5.74) is -0.152. The first-order chi connectivity index (χ1) is 8.34. The number of hydrogen-bond acceptors (Lipinski definition) is 4. The van der Waals surface area contributed by atoms with Gasteiger partial charge in [0.25, 0.3) is 0 Å². The van der Waals surface area contributed by atoms with Crippen molar-refractivity contribution in [3.05, 3.63) is 36.0 Å². The minimum absolute atomic E-state index is 0.0973. The lowest BCUT2D eigenvalue weighted by Gasteiger charge is -2.14. The Labute approximate surface area is 103 Å². The normalized spacial score (nSPS) is 19.3. The smallest absolute Gasteiger partial charge is 0.312 e. The fourth-order valence-corrected chi connectivity index (χ4v) is 2.09. The zero-order valence-electron chi connectivity index (χ0n) is 9.93. The topological polar surface area (TPSA) is 52.6 Å². The molecule has 0 saturated carbocycles. The third-order valence-electron chi connectivity index (χ3n) is 2.33. The largest absolute Gasteiger partial charge is 0.333 e. The Kier molecular flexibility index (Phi) is 4.73. The molecule has 0 amide bonds. The van der Waals surface area contributed by atoms with E-state index < -0.39 is 19.3 Å². The van der Waals surface area contributed by atoms with Gasteiger partial charge in [-0.25, -0.2) is 0 Å². The number of alkyl halides is 2. The highest BCUT2D eigenvalue weighted by molar-refractivity contribution is 7.54. The first-order valence-corrected chi connectivity index (χ1v) is 6.76. The van der Waals surface area contributed by atoms with Crippen LogP contribution in [0.15, 0.2) is 36.0 Å². The summed E-state index contributed by atoms with van der Waals surface area (Å²) in [5.74, 6) is -4.77. The Hall–Kier alpha value is -1.10. The Morgan fingerprint density at radius 1 is 1.39 bits per heavy atom. The van der Waals surface area contributed by atoms with E-state index in [1.54, 1.807) is 0 Å². The zero-order valence-corrected chi connectivity index (χ0v) is 10.8. The zero-order chi connectivity index (χ0) is 13.8. The molecule has 0 unspecified atom stereocenters. The van der Waals surface area contributed by atoms with Gasteiger partial charge in [-0.05, 0) is 6.08 Å². The van der Waals surface area contributed by atoms with Crippen LogP contribution in [0.4, 0.5) is 8.78 Å². The number of ketones is 1. The molecule has 0 aliphatic heterocycles. The fourth-order valence-electron chi connectivity index (χ4n) is 1.28. The van der Waals surface area contributed by atoms with Crippen LogP contribution in [0.3, 0.4) is 0 Å². The van der Waals surface area contributed by atoms with Crippen molar-refractivity contribution < 1.29 is 27.2 Å². The van der Waals surface area contributed by atoms with E-state index in [1.807, 2.05) is 0 Å². The van der Waals surface area contributed by atoms with Crippen LogP contribution >= 0.6 is 7.60 Å². The van der Waals surface area contributed by atoms with E-state index in [2.05, 4.69) is 9.05 Å². The molecule has 0 aromatic rings. The van der Waals surface area contributed by atoms with Gasteiger partial charge in [0.2, 0.25) is 5.78 Å². The van der Waals surface area contributed by atoms with Crippen molar-refractivity contribution in [2.24, 2.45) is 0 Å². The minimum atomic E-state index is -3.49.